The van der Waals surface area contributed by atoms with Crippen molar-refractivity contribution in [2.24, 2.45) is 0 Å². The smallest absolute Gasteiger partial charge is 0.338 e. The molecule has 0 spiro atoms. The lowest BCUT2D eigenvalue weighted by Gasteiger charge is -2.19. The number of nitrogens with zero attached hydrogens (tertiary/aromatic N) is 4. The zero-order chi connectivity index (χ0) is 29.4. The summed E-state index contributed by atoms with van der Waals surface area (Å²) in [6, 6.07) is 22.5. The van der Waals surface area contributed by atoms with Crippen molar-refractivity contribution < 1.29 is 22.7 Å². The maximum atomic E-state index is 13.2. The van der Waals surface area contributed by atoms with Gasteiger partial charge in [-0.2, -0.15) is 4.31 Å². The molecule has 1 N–H and O–H groups in total. The summed E-state index contributed by atoms with van der Waals surface area (Å²) in [7, 11) is -3.67. The molecule has 4 rings (SSSR count). The fourth-order valence-corrected chi connectivity index (χ4v) is 6.36. The number of rotatable bonds is 12. The summed E-state index contributed by atoms with van der Waals surface area (Å²) in [5.41, 5.74) is 2.28. The number of sulfonamides is 1. The minimum atomic E-state index is -3.67. The number of para-hydroxylation sites is 1. The summed E-state index contributed by atoms with van der Waals surface area (Å²) in [5, 5.41) is 12.0. The molecule has 1 amide bonds. The second kappa shape index (κ2) is 13.6. The third kappa shape index (κ3) is 7.02. The van der Waals surface area contributed by atoms with E-state index in [4.69, 9.17) is 4.74 Å². The number of benzene rings is 3. The number of anilines is 1. The summed E-state index contributed by atoms with van der Waals surface area (Å²) in [6.45, 7) is 6.35. The van der Waals surface area contributed by atoms with Gasteiger partial charge in [0, 0.05) is 30.0 Å². The maximum absolute atomic E-state index is 13.2. The minimum Gasteiger partial charge on any atom is -0.462 e. The van der Waals surface area contributed by atoms with Crippen molar-refractivity contribution in [1.29, 1.82) is 0 Å². The first-order valence-electron chi connectivity index (χ1n) is 13.1. The van der Waals surface area contributed by atoms with Gasteiger partial charge in [0.05, 0.1) is 22.8 Å². The van der Waals surface area contributed by atoms with E-state index < -0.39 is 16.0 Å². The van der Waals surface area contributed by atoms with E-state index in [0.29, 0.717) is 40.9 Å². The summed E-state index contributed by atoms with van der Waals surface area (Å²) < 4.78 is 34.5. The average Bonchev–Trinajstić information content (AvgIpc) is 3.42. The van der Waals surface area contributed by atoms with Crippen molar-refractivity contribution in [3.63, 3.8) is 0 Å². The summed E-state index contributed by atoms with van der Waals surface area (Å²) in [5.74, 6) is -0.199. The van der Waals surface area contributed by atoms with Gasteiger partial charge in [-0.25, -0.2) is 13.2 Å². The molecule has 0 aliphatic carbocycles. The monoisotopic (exact) mass is 593 g/mol. The van der Waals surface area contributed by atoms with Crippen molar-refractivity contribution in [3.05, 3.63) is 84.4 Å². The molecule has 0 atom stereocenters. The molecule has 10 nitrogen and oxygen atoms in total. The molecule has 1 heterocycles. The van der Waals surface area contributed by atoms with Crippen molar-refractivity contribution in [2.75, 3.05) is 30.8 Å². The number of hydrogen-bond donors (Lipinski definition) is 1. The van der Waals surface area contributed by atoms with Crippen molar-refractivity contribution in [2.45, 2.75) is 30.8 Å². The normalized spacial score (nSPS) is 11.4. The fraction of sp³-hybridized carbons (Fsp3) is 0.241. The number of amides is 1. The lowest BCUT2D eigenvalue weighted by molar-refractivity contribution is -0.113. The summed E-state index contributed by atoms with van der Waals surface area (Å²) in [6.07, 6.45) is 0. The quantitative estimate of drug-likeness (QED) is 0.182. The van der Waals surface area contributed by atoms with Crippen LogP contribution in [0.15, 0.2) is 88.9 Å². The molecule has 0 aliphatic heterocycles. The topological polar surface area (TPSA) is 123 Å². The molecular formula is C29H31N5O5S2. The van der Waals surface area contributed by atoms with Crippen LogP contribution in [0.3, 0.4) is 0 Å². The van der Waals surface area contributed by atoms with E-state index in [1.54, 1.807) is 73.9 Å². The molecular weight excluding hydrogens is 562 g/mol. The molecule has 0 aliphatic rings. The number of aromatic nitrogens is 3. The van der Waals surface area contributed by atoms with Gasteiger partial charge in [-0.05, 0) is 55.5 Å². The fourth-order valence-electron chi connectivity index (χ4n) is 4.10. The Morgan fingerprint density at radius 1 is 0.927 bits per heavy atom. The molecule has 0 bridgehead atoms. The van der Waals surface area contributed by atoms with Gasteiger partial charge in [0.15, 0.2) is 11.0 Å². The van der Waals surface area contributed by atoms with E-state index >= 15 is 0 Å². The Bertz CT molecular complexity index is 1600. The number of carbonyl (C=O) groups excluding carboxylic acids is 2. The molecule has 0 fully saturated rings. The highest BCUT2D eigenvalue weighted by molar-refractivity contribution is 7.99. The first kappa shape index (κ1) is 30.0. The lowest BCUT2D eigenvalue weighted by atomic mass is 10.2. The predicted octanol–water partition coefficient (Wildman–Crippen LogP) is 4.87. The zero-order valence-electron chi connectivity index (χ0n) is 23.0. The predicted molar refractivity (Wildman–Crippen MR) is 159 cm³/mol. The number of carbonyl (C=O) groups is 2. The highest BCUT2D eigenvalue weighted by Gasteiger charge is 2.24. The number of thioether (sulfide) groups is 1. The molecule has 1 aromatic heterocycles. The van der Waals surface area contributed by atoms with E-state index in [2.05, 4.69) is 15.5 Å². The van der Waals surface area contributed by atoms with Crippen LogP contribution in [-0.2, 0) is 19.6 Å². The molecule has 4 aromatic rings. The Labute approximate surface area is 243 Å². The van der Waals surface area contributed by atoms with Gasteiger partial charge in [0.25, 0.3) is 0 Å². The molecule has 3 aromatic carbocycles. The van der Waals surface area contributed by atoms with Gasteiger partial charge >= 0.3 is 5.97 Å². The van der Waals surface area contributed by atoms with Gasteiger partial charge in [-0.1, -0.05) is 55.9 Å². The van der Waals surface area contributed by atoms with E-state index in [9.17, 15) is 18.0 Å². The van der Waals surface area contributed by atoms with Crippen LogP contribution in [0.1, 0.15) is 31.1 Å². The minimum absolute atomic E-state index is 0.0426. The van der Waals surface area contributed by atoms with E-state index in [1.807, 2.05) is 30.3 Å². The van der Waals surface area contributed by atoms with Crippen LogP contribution in [-0.4, -0.2) is 64.8 Å². The maximum Gasteiger partial charge on any atom is 0.338 e. The van der Waals surface area contributed by atoms with Crippen LogP contribution >= 0.6 is 11.8 Å². The average molecular weight is 594 g/mol. The van der Waals surface area contributed by atoms with Crippen LogP contribution in [0.25, 0.3) is 17.1 Å². The lowest BCUT2D eigenvalue weighted by Crippen LogP contribution is -2.30. The van der Waals surface area contributed by atoms with Crippen LogP contribution in [0.5, 0.6) is 0 Å². The molecule has 0 radical (unpaired) electrons. The first-order chi connectivity index (χ1) is 19.8. The molecule has 0 saturated carbocycles. The van der Waals surface area contributed by atoms with Gasteiger partial charge in [-0.15, -0.1) is 10.2 Å². The van der Waals surface area contributed by atoms with Gasteiger partial charge in [0.1, 0.15) is 0 Å². The second-order valence-electron chi connectivity index (χ2n) is 8.73. The molecule has 12 heteroatoms. The Hall–Kier alpha value is -4.00. The van der Waals surface area contributed by atoms with Crippen LogP contribution in [0.2, 0.25) is 0 Å². The molecule has 214 valence electrons. The van der Waals surface area contributed by atoms with Crippen molar-refractivity contribution in [1.82, 2.24) is 19.1 Å². The number of hydrogen-bond acceptors (Lipinski definition) is 8. The Kier molecular flexibility index (Phi) is 9.92. The van der Waals surface area contributed by atoms with Crippen LogP contribution in [0, 0.1) is 0 Å². The number of ether oxygens (including phenoxy) is 1. The van der Waals surface area contributed by atoms with Crippen LogP contribution in [0.4, 0.5) is 5.69 Å². The van der Waals surface area contributed by atoms with Crippen molar-refractivity contribution >= 4 is 39.3 Å². The molecule has 0 saturated heterocycles. The van der Waals surface area contributed by atoms with Crippen LogP contribution < -0.4 is 5.32 Å². The number of esters is 1. The third-order valence-electron chi connectivity index (χ3n) is 6.10. The second-order valence-corrected chi connectivity index (χ2v) is 11.6. The first-order valence-corrected chi connectivity index (χ1v) is 15.5. The largest absolute Gasteiger partial charge is 0.462 e. The Balaban J connectivity index is 1.58. The van der Waals surface area contributed by atoms with Gasteiger partial charge in [-0.3, -0.25) is 9.36 Å². The summed E-state index contributed by atoms with van der Waals surface area (Å²) in [4.78, 5) is 24.8. The SMILES string of the molecule is CCOC(=O)c1ccc(NC(=O)CSc2nnc(-c3cccc(S(=O)(=O)N(CC)CC)c3)n2-c2ccccc2)cc1. The van der Waals surface area contributed by atoms with Crippen molar-refractivity contribution in [3.8, 4) is 17.1 Å². The standard InChI is InChI=1S/C29H31N5O5S2/c1-4-33(5-2)41(37,38)25-14-10-11-22(19-25)27-31-32-29(34(27)24-12-8-7-9-13-24)40-20-26(35)30-23-17-15-21(16-18-23)28(36)39-6-3/h7-19H,4-6,20H2,1-3H3,(H,30,35). The van der Waals surface area contributed by atoms with E-state index in [0.717, 1.165) is 5.69 Å². The highest BCUT2D eigenvalue weighted by atomic mass is 32.2. The molecule has 41 heavy (non-hydrogen) atoms. The van der Waals surface area contributed by atoms with E-state index in [-0.39, 0.29) is 23.2 Å². The summed E-state index contributed by atoms with van der Waals surface area (Å²) >= 11 is 1.20. The highest BCUT2D eigenvalue weighted by Crippen LogP contribution is 2.30. The Morgan fingerprint density at radius 2 is 1.63 bits per heavy atom. The molecule has 0 unspecified atom stereocenters. The van der Waals surface area contributed by atoms with E-state index in [1.165, 1.54) is 16.1 Å². The Morgan fingerprint density at radius 3 is 2.29 bits per heavy atom. The third-order valence-corrected chi connectivity index (χ3v) is 9.07. The number of nitrogens with one attached hydrogen (secondary N) is 1. The zero-order valence-corrected chi connectivity index (χ0v) is 24.6. The van der Waals surface area contributed by atoms with Gasteiger partial charge in [0.2, 0.25) is 15.9 Å². The van der Waals surface area contributed by atoms with Gasteiger partial charge < -0.3 is 10.1 Å².